The quantitative estimate of drug-likeness (QED) is 0.784. The third kappa shape index (κ3) is 3.52. The molecule has 23 heavy (non-hydrogen) atoms. The molecule has 0 saturated carbocycles. The van der Waals surface area contributed by atoms with Gasteiger partial charge in [-0.1, -0.05) is 12.1 Å². The molecule has 2 aromatic rings. The van der Waals surface area contributed by atoms with Crippen LogP contribution in [-0.4, -0.2) is 23.2 Å². The van der Waals surface area contributed by atoms with Gasteiger partial charge in [0.25, 0.3) is 0 Å². The molecule has 0 atom stereocenters. The van der Waals surface area contributed by atoms with E-state index in [1.165, 1.54) is 4.90 Å². The number of thioether (sulfide) groups is 1. The Morgan fingerprint density at radius 3 is 2.91 bits per heavy atom. The number of rotatable bonds is 5. The van der Waals surface area contributed by atoms with Crippen LogP contribution in [0.25, 0.3) is 0 Å². The van der Waals surface area contributed by atoms with Gasteiger partial charge in [-0.2, -0.15) is 11.8 Å². The molecule has 0 fully saturated rings. The zero-order valence-electron chi connectivity index (χ0n) is 12.5. The van der Waals surface area contributed by atoms with Crippen LogP contribution in [0, 0.1) is 11.6 Å². The number of carbonyl (C=O) groups excluding carboxylic acids is 1. The first-order chi connectivity index (χ1) is 11.2. The van der Waals surface area contributed by atoms with Gasteiger partial charge in [0.1, 0.15) is 0 Å². The molecule has 1 amide bonds. The van der Waals surface area contributed by atoms with Crippen molar-refractivity contribution in [3.63, 3.8) is 0 Å². The summed E-state index contributed by atoms with van der Waals surface area (Å²) in [6.45, 7) is 0.416. The largest absolute Gasteiger partial charge is 0.309 e. The maximum Gasteiger partial charge on any atom is 0.227 e. The van der Waals surface area contributed by atoms with Crippen LogP contribution in [0.1, 0.15) is 17.7 Å². The standard InChI is InChI=1S/C17H16F2N2OS/c18-14-5-4-12-6-9-21(17(12)16(14)19)15(22)7-10-23-11-13-3-1-2-8-20-13/h1-5,8H,6-7,9-11H2. The summed E-state index contributed by atoms with van der Waals surface area (Å²) in [6, 6.07) is 8.38. The van der Waals surface area contributed by atoms with Crippen molar-refractivity contribution < 1.29 is 13.6 Å². The van der Waals surface area contributed by atoms with Crippen LogP contribution >= 0.6 is 11.8 Å². The third-order valence-corrected chi connectivity index (χ3v) is 4.76. The van der Waals surface area contributed by atoms with E-state index in [1.807, 2.05) is 18.2 Å². The number of hydrogen-bond acceptors (Lipinski definition) is 3. The maximum atomic E-state index is 13.9. The fourth-order valence-corrected chi connectivity index (χ4v) is 3.46. The second kappa shape index (κ2) is 7.08. The first-order valence-corrected chi connectivity index (χ1v) is 8.57. The molecule has 2 heterocycles. The molecule has 0 saturated heterocycles. The molecule has 1 aliphatic heterocycles. The number of hydrogen-bond donors (Lipinski definition) is 0. The number of halogens is 2. The van der Waals surface area contributed by atoms with Gasteiger partial charge >= 0.3 is 0 Å². The molecule has 1 aromatic carbocycles. The van der Waals surface area contributed by atoms with E-state index >= 15 is 0 Å². The lowest BCUT2D eigenvalue weighted by Gasteiger charge is -2.18. The number of amides is 1. The smallest absolute Gasteiger partial charge is 0.227 e. The molecule has 3 nitrogen and oxygen atoms in total. The van der Waals surface area contributed by atoms with Gasteiger partial charge < -0.3 is 4.90 Å². The van der Waals surface area contributed by atoms with E-state index in [2.05, 4.69) is 4.98 Å². The van der Waals surface area contributed by atoms with Gasteiger partial charge in [0.05, 0.1) is 11.4 Å². The monoisotopic (exact) mass is 334 g/mol. The third-order valence-electron chi connectivity index (χ3n) is 3.76. The molecule has 0 bridgehead atoms. The SMILES string of the molecule is O=C(CCSCc1ccccn1)N1CCc2ccc(F)c(F)c21. The van der Waals surface area contributed by atoms with Crippen molar-refractivity contribution in [3.05, 3.63) is 59.4 Å². The van der Waals surface area contributed by atoms with E-state index in [1.54, 1.807) is 24.0 Å². The van der Waals surface area contributed by atoms with E-state index in [9.17, 15) is 13.6 Å². The van der Waals surface area contributed by atoms with Gasteiger partial charge in [-0.15, -0.1) is 0 Å². The van der Waals surface area contributed by atoms with E-state index in [4.69, 9.17) is 0 Å². The fraction of sp³-hybridized carbons (Fsp3) is 0.294. The van der Waals surface area contributed by atoms with Crippen LogP contribution in [-0.2, 0) is 17.0 Å². The number of benzene rings is 1. The molecule has 120 valence electrons. The Bertz CT molecular complexity index is 709. The number of aromatic nitrogens is 1. The van der Waals surface area contributed by atoms with Gasteiger partial charge in [0.2, 0.25) is 5.91 Å². The van der Waals surface area contributed by atoms with Crippen molar-refractivity contribution in [2.24, 2.45) is 0 Å². The second-order valence-corrected chi connectivity index (χ2v) is 6.39. The van der Waals surface area contributed by atoms with E-state index in [0.717, 1.165) is 17.5 Å². The molecule has 1 aliphatic rings. The lowest BCUT2D eigenvalue weighted by Crippen LogP contribution is -2.30. The van der Waals surface area contributed by atoms with Gasteiger partial charge in [0, 0.05) is 30.7 Å². The van der Waals surface area contributed by atoms with Crippen molar-refractivity contribution in [1.29, 1.82) is 0 Å². The maximum absolute atomic E-state index is 13.9. The van der Waals surface area contributed by atoms with Crippen molar-refractivity contribution in [1.82, 2.24) is 4.98 Å². The Kier molecular flexibility index (Phi) is 4.91. The van der Waals surface area contributed by atoms with Crippen LogP contribution in [0.2, 0.25) is 0 Å². The molecular formula is C17H16F2N2OS. The minimum atomic E-state index is -0.922. The van der Waals surface area contributed by atoms with Gasteiger partial charge in [-0.05, 0) is 30.2 Å². The molecule has 0 unspecified atom stereocenters. The minimum Gasteiger partial charge on any atom is -0.309 e. The highest BCUT2D eigenvalue weighted by Crippen LogP contribution is 2.32. The van der Waals surface area contributed by atoms with Crippen LogP contribution in [0.15, 0.2) is 36.5 Å². The van der Waals surface area contributed by atoms with Crippen LogP contribution < -0.4 is 4.90 Å². The van der Waals surface area contributed by atoms with Crippen LogP contribution in [0.4, 0.5) is 14.5 Å². The number of pyridine rings is 1. The summed E-state index contributed by atoms with van der Waals surface area (Å²) < 4.78 is 27.3. The average molecular weight is 334 g/mol. The predicted octanol–water partition coefficient (Wildman–Crippen LogP) is 3.57. The topological polar surface area (TPSA) is 33.2 Å². The molecule has 0 radical (unpaired) electrons. The minimum absolute atomic E-state index is 0.115. The van der Waals surface area contributed by atoms with Crippen LogP contribution in [0.5, 0.6) is 0 Å². The summed E-state index contributed by atoms with van der Waals surface area (Å²) >= 11 is 1.60. The molecular weight excluding hydrogens is 318 g/mol. The van der Waals surface area contributed by atoms with E-state index in [-0.39, 0.29) is 11.6 Å². The molecule has 0 spiro atoms. The van der Waals surface area contributed by atoms with E-state index < -0.39 is 11.6 Å². The normalized spacial score (nSPS) is 13.2. The molecule has 6 heteroatoms. The fourth-order valence-electron chi connectivity index (χ4n) is 2.62. The Morgan fingerprint density at radius 2 is 2.13 bits per heavy atom. The van der Waals surface area contributed by atoms with Crippen LogP contribution in [0.3, 0.4) is 0 Å². The summed E-state index contributed by atoms with van der Waals surface area (Å²) in [5.41, 5.74) is 1.77. The Morgan fingerprint density at radius 1 is 1.26 bits per heavy atom. The molecule has 0 aliphatic carbocycles. The lowest BCUT2D eigenvalue weighted by molar-refractivity contribution is -0.118. The molecule has 3 rings (SSSR count). The van der Waals surface area contributed by atoms with Crippen molar-refractivity contribution in [3.8, 4) is 0 Å². The number of fused-ring (bicyclic) bond motifs is 1. The average Bonchev–Trinajstić information content (AvgIpc) is 3.01. The molecule has 1 aromatic heterocycles. The summed E-state index contributed by atoms with van der Waals surface area (Å²) in [4.78, 5) is 17.9. The number of carbonyl (C=O) groups is 1. The zero-order valence-corrected chi connectivity index (χ0v) is 13.3. The predicted molar refractivity (Wildman–Crippen MR) is 87.4 cm³/mol. The van der Waals surface area contributed by atoms with Gasteiger partial charge in [-0.3, -0.25) is 9.78 Å². The number of nitrogens with zero attached hydrogens (tertiary/aromatic N) is 2. The summed E-state index contributed by atoms with van der Waals surface area (Å²) in [7, 11) is 0. The molecule has 0 N–H and O–H groups in total. The number of anilines is 1. The highest BCUT2D eigenvalue weighted by atomic mass is 32.2. The Labute approximate surface area is 137 Å². The van der Waals surface area contributed by atoms with E-state index in [0.29, 0.717) is 30.7 Å². The zero-order chi connectivity index (χ0) is 16.2. The van der Waals surface area contributed by atoms with Gasteiger partial charge in [-0.25, -0.2) is 8.78 Å². The first kappa shape index (κ1) is 15.9. The second-order valence-electron chi connectivity index (χ2n) is 5.29. The first-order valence-electron chi connectivity index (χ1n) is 7.41. The lowest BCUT2D eigenvalue weighted by atomic mass is 10.1. The highest BCUT2D eigenvalue weighted by molar-refractivity contribution is 7.98. The van der Waals surface area contributed by atoms with Crippen molar-refractivity contribution in [2.45, 2.75) is 18.6 Å². The summed E-state index contributed by atoms with van der Waals surface area (Å²) in [5, 5.41) is 0. The Balaban J connectivity index is 1.56. The summed E-state index contributed by atoms with van der Waals surface area (Å²) in [6.07, 6.45) is 2.60. The summed E-state index contributed by atoms with van der Waals surface area (Å²) in [5.74, 6) is -0.643. The van der Waals surface area contributed by atoms with Crippen molar-refractivity contribution >= 4 is 23.4 Å². The van der Waals surface area contributed by atoms with Crippen molar-refractivity contribution in [2.75, 3.05) is 17.2 Å². The van der Waals surface area contributed by atoms with Gasteiger partial charge in [0.15, 0.2) is 11.6 Å². The highest BCUT2D eigenvalue weighted by Gasteiger charge is 2.29. The Hall–Kier alpha value is -1.95.